The molecule has 0 radical (unpaired) electrons. The van der Waals surface area contributed by atoms with Gasteiger partial charge in [-0.25, -0.2) is 9.97 Å². The molecule has 2 heterocycles. The summed E-state index contributed by atoms with van der Waals surface area (Å²) >= 11 is 0. The summed E-state index contributed by atoms with van der Waals surface area (Å²) in [6, 6.07) is 91.3. The van der Waals surface area contributed by atoms with Gasteiger partial charge in [-0.05, 0) is 145 Å². The van der Waals surface area contributed by atoms with Gasteiger partial charge < -0.3 is 14.4 Å². The van der Waals surface area contributed by atoms with E-state index in [1.807, 2.05) is 140 Å². The number of para-hydroxylation sites is 4. The molecule has 0 saturated carbocycles. The zero-order valence-corrected chi connectivity index (χ0v) is 41.2. The van der Waals surface area contributed by atoms with Gasteiger partial charge in [0.1, 0.15) is 0 Å². The molecule has 0 spiro atoms. The largest absolute Gasteiger partial charge is 0.310 e. The SMILES string of the molecule is N#Cc1ccc(-c2cc(-c3ccc(-c4c(C#N)cc(-n5c6ccc(N(c7ccccc7)c7ccccc7)cc6c6cc(N(c7ccccc7)c7ccccc7)ccc65)cc4C#N)cc3)nc(-c3ccc(C#N)cc3)n2)cc1. The van der Waals surface area contributed by atoms with Crippen LogP contribution in [0.1, 0.15) is 22.3 Å². The average Bonchev–Trinajstić information content (AvgIpc) is 3.91. The van der Waals surface area contributed by atoms with Crippen LogP contribution in [0.15, 0.2) is 249 Å². The summed E-state index contributed by atoms with van der Waals surface area (Å²) in [5.74, 6) is 0.469. The van der Waals surface area contributed by atoms with E-state index >= 15 is 0 Å². The lowest BCUT2D eigenvalue weighted by atomic mass is 9.93. The van der Waals surface area contributed by atoms with Crippen LogP contribution in [0.5, 0.6) is 0 Å². The first-order valence-corrected chi connectivity index (χ1v) is 24.9. The number of fused-ring (bicyclic) bond motifs is 3. The van der Waals surface area contributed by atoms with E-state index in [4.69, 9.17) is 9.97 Å². The Bertz CT molecular complexity index is 4010. The molecule has 0 fully saturated rings. The lowest BCUT2D eigenvalue weighted by Gasteiger charge is -2.26. The number of nitrogens with zero attached hydrogens (tertiary/aromatic N) is 9. The molecule has 9 nitrogen and oxygen atoms in total. The van der Waals surface area contributed by atoms with Crippen molar-refractivity contribution in [3.05, 3.63) is 271 Å². The maximum Gasteiger partial charge on any atom is 0.160 e. The zero-order valence-electron chi connectivity index (χ0n) is 41.2. The van der Waals surface area contributed by atoms with Gasteiger partial charge >= 0.3 is 0 Å². The molecule has 0 aliphatic rings. The van der Waals surface area contributed by atoms with Crippen molar-refractivity contribution in [2.75, 3.05) is 9.80 Å². The Morgan fingerprint density at radius 2 is 0.688 bits per heavy atom. The van der Waals surface area contributed by atoms with Gasteiger partial charge in [0, 0.05) is 72.8 Å². The molecular formula is C68H41N9. The molecule has 0 unspecified atom stereocenters. The van der Waals surface area contributed by atoms with Crippen molar-refractivity contribution in [2.45, 2.75) is 0 Å². The minimum Gasteiger partial charge on any atom is -0.310 e. The Morgan fingerprint density at radius 1 is 0.325 bits per heavy atom. The predicted octanol–water partition coefficient (Wildman–Crippen LogP) is 16.7. The number of hydrogen-bond acceptors (Lipinski definition) is 8. The van der Waals surface area contributed by atoms with Gasteiger partial charge in [-0.15, -0.1) is 0 Å². The highest BCUT2D eigenvalue weighted by molar-refractivity contribution is 6.12. The summed E-state index contributed by atoms with van der Waals surface area (Å²) in [5.41, 5.74) is 15.1. The highest BCUT2D eigenvalue weighted by atomic mass is 15.1. The molecule has 10 aromatic carbocycles. The fourth-order valence-corrected chi connectivity index (χ4v) is 10.1. The molecular weight excluding hydrogens is 943 g/mol. The summed E-state index contributed by atoms with van der Waals surface area (Å²) < 4.78 is 2.16. The number of aromatic nitrogens is 3. The third kappa shape index (κ3) is 8.92. The number of benzene rings is 10. The van der Waals surface area contributed by atoms with Gasteiger partial charge in [-0.3, -0.25) is 0 Å². The topological polar surface area (TPSA) is 132 Å². The normalized spacial score (nSPS) is 10.8. The second kappa shape index (κ2) is 20.3. The summed E-state index contributed by atoms with van der Waals surface area (Å²) in [6.45, 7) is 0. The first-order valence-electron chi connectivity index (χ1n) is 24.9. The van der Waals surface area contributed by atoms with E-state index in [9.17, 15) is 21.0 Å². The second-order valence-corrected chi connectivity index (χ2v) is 18.3. The van der Waals surface area contributed by atoms with Gasteiger partial charge in [0.2, 0.25) is 0 Å². The second-order valence-electron chi connectivity index (χ2n) is 18.3. The van der Waals surface area contributed by atoms with Gasteiger partial charge in [-0.2, -0.15) is 21.0 Å². The van der Waals surface area contributed by atoms with E-state index in [2.05, 4.69) is 124 Å². The zero-order chi connectivity index (χ0) is 52.2. The van der Waals surface area contributed by atoms with Gasteiger partial charge in [0.05, 0.1) is 69.0 Å². The van der Waals surface area contributed by atoms with Crippen molar-refractivity contribution >= 4 is 55.9 Å². The molecule has 0 atom stereocenters. The number of nitriles is 4. The van der Waals surface area contributed by atoms with E-state index in [1.54, 1.807) is 24.3 Å². The molecule has 0 aliphatic carbocycles. The van der Waals surface area contributed by atoms with Crippen molar-refractivity contribution < 1.29 is 0 Å². The van der Waals surface area contributed by atoms with Crippen LogP contribution in [0.4, 0.5) is 34.1 Å². The molecule has 12 rings (SSSR count). The Labute approximate surface area is 445 Å². The average molecular weight is 984 g/mol. The monoisotopic (exact) mass is 983 g/mol. The summed E-state index contributed by atoms with van der Waals surface area (Å²) in [6.07, 6.45) is 0. The summed E-state index contributed by atoms with van der Waals surface area (Å²) in [5, 5.41) is 42.9. The minimum absolute atomic E-state index is 0.349. The highest BCUT2D eigenvalue weighted by Crippen LogP contribution is 2.44. The molecule has 0 saturated heterocycles. The Morgan fingerprint density at radius 3 is 1.06 bits per heavy atom. The fourth-order valence-electron chi connectivity index (χ4n) is 10.1. The lowest BCUT2D eigenvalue weighted by Crippen LogP contribution is -2.09. The van der Waals surface area contributed by atoms with Crippen LogP contribution in [0.25, 0.3) is 72.5 Å². The first kappa shape index (κ1) is 46.7. The first-order chi connectivity index (χ1) is 38.0. The van der Waals surface area contributed by atoms with Crippen LogP contribution in [-0.2, 0) is 0 Å². The highest BCUT2D eigenvalue weighted by Gasteiger charge is 2.23. The van der Waals surface area contributed by atoms with Crippen LogP contribution in [-0.4, -0.2) is 14.5 Å². The Balaban J connectivity index is 0.998. The van der Waals surface area contributed by atoms with E-state index in [0.717, 1.165) is 72.6 Å². The van der Waals surface area contributed by atoms with Crippen molar-refractivity contribution in [2.24, 2.45) is 0 Å². The third-order valence-electron chi connectivity index (χ3n) is 13.7. The summed E-state index contributed by atoms with van der Waals surface area (Å²) in [7, 11) is 0. The number of anilines is 6. The standard InChI is InChI=1S/C68H41N9/c69-42-46-21-25-48(26-22-46)63-41-64(74-68(73-63)51-27-23-47(43-70)24-28-51)49-29-31-50(32-30-49)67-52(44-71)37-60(38-53(67)45-72)77-65-35-33-58(75(54-13-5-1-6-14-54)55-15-7-2-8-16-55)39-61(65)62-40-59(34-36-66(62)77)76(56-17-9-3-10-18-56)57-19-11-4-12-20-57/h1-41H. The molecule has 0 aliphatic heterocycles. The van der Waals surface area contributed by atoms with Crippen LogP contribution >= 0.6 is 0 Å². The minimum atomic E-state index is 0.349. The molecule has 2 aromatic heterocycles. The fraction of sp³-hybridized carbons (Fsp3) is 0. The lowest BCUT2D eigenvalue weighted by molar-refractivity contribution is 1.17. The maximum atomic E-state index is 11.0. The van der Waals surface area contributed by atoms with Crippen LogP contribution in [0.2, 0.25) is 0 Å². The van der Waals surface area contributed by atoms with Gasteiger partial charge in [-0.1, -0.05) is 109 Å². The molecule has 0 N–H and O–H groups in total. The molecule has 12 aromatic rings. The maximum absolute atomic E-state index is 11.0. The van der Waals surface area contributed by atoms with Crippen LogP contribution < -0.4 is 9.80 Å². The molecule has 0 bridgehead atoms. The smallest absolute Gasteiger partial charge is 0.160 e. The van der Waals surface area contributed by atoms with E-state index in [0.29, 0.717) is 56.3 Å². The Hall–Kier alpha value is -11.4. The van der Waals surface area contributed by atoms with E-state index < -0.39 is 0 Å². The van der Waals surface area contributed by atoms with Gasteiger partial charge in [0.15, 0.2) is 5.82 Å². The van der Waals surface area contributed by atoms with Crippen molar-refractivity contribution in [3.8, 4) is 75.0 Å². The molecule has 77 heavy (non-hydrogen) atoms. The predicted molar refractivity (Wildman–Crippen MR) is 306 cm³/mol. The van der Waals surface area contributed by atoms with E-state index in [-0.39, 0.29) is 0 Å². The van der Waals surface area contributed by atoms with Crippen LogP contribution in [0.3, 0.4) is 0 Å². The van der Waals surface area contributed by atoms with E-state index in [1.165, 1.54) is 0 Å². The van der Waals surface area contributed by atoms with Crippen molar-refractivity contribution in [1.82, 2.24) is 14.5 Å². The Kier molecular flexibility index (Phi) is 12.3. The van der Waals surface area contributed by atoms with Crippen molar-refractivity contribution in [1.29, 1.82) is 21.0 Å². The molecule has 0 amide bonds. The third-order valence-corrected chi connectivity index (χ3v) is 13.7. The molecule has 358 valence electrons. The van der Waals surface area contributed by atoms with Crippen molar-refractivity contribution in [3.63, 3.8) is 0 Å². The van der Waals surface area contributed by atoms with Crippen LogP contribution in [0, 0.1) is 45.3 Å². The van der Waals surface area contributed by atoms with Gasteiger partial charge in [0.25, 0.3) is 0 Å². The number of hydrogen-bond donors (Lipinski definition) is 0. The molecule has 9 heteroatoms. The quantitative estimate of drug-likeness (QED) is 0.125. The number of rotatable bonds is 11. The summed E-state index contributed by atoms with van der Waals surface area (Å²) in [4.78, 5) is 14.4.